The highest BCUT2D eigenvalue weighted by molar-refractivity contribution is 6.18. The number of fused-ring (bicyclic) bond motifs is 3. The maximum atomic E-state index is 12.5. The first kappa shape index (κ1) is 23.5. The van der Waals surface area contributed by atoms with E-state index in [-0.39, 0.29) is 17.9 Å². The van der Waals surface area contributed by atoms with E-state index >= 15 is 0 Å². The molecule has 1 heterocycles. The lowest BCUT2D eigenvalue weighted by Gasteiger charge is -2.43. The summed E-state index contributed by atoms with van der Waals surface area (Å²) in [6.07, 6.45) is -0.424. The van der Waals surface area contributed by atoms with E-state index in [1.54, 1.807) is 26.8 Å². The molecule has 2 N–H and O–H groups in total. The van der Waals surface area contributed by atoms with Crippen LogP contribution >= 0.6 is 11.6 Å². The molecule has 0 aromatic heterocycles. The number of halogens is 1. The van der Waals surface area contributed by atoms with Gasteiger partial charge in [0.2, 0.25) is 0 Å². The molecular formula is C22H27ClO8. The predicted octanol–water partition coefficient (Wildman–Crippen LogP) is 1.57. The van der Waals surface area contributed by atoms with Crippen molar-refractivity contribution in [2.75, 3.05) is 5.88 Å². The van der Waals surface area contributed by atoms with Crippen LogP contribution in [0.25, 0.3) is 0 Å². The van der Waals surface area contributed by atoms with Crippen LogP contribution in [-0.4, -0.2) is 63.5 Å². The topological polar surface area (TPSA) is 119 Å². The highest BCUT2D eigenvalue weighted by Gasteiger charge is 2.70. The first-order valence-electron chi connectivity index (χ1n) is 10.0. The first-order chi connectivity index (χ1) is 14.4. The van der Waals surface area contributed by atoms with Crippen molar-refractivity contribution in [2.24, 2.45) is 11.8 Å². The number of ether oxygens (including phenoxy) is 3. The van der Waals surface area contributed by atoms with E-state index in [2.05, 4.69) is 6.58 Å². The molecule has 170 valence electrons. The highest BCUT2D eigenvalue weighted by atomic mass is 35.5. The number of esters is 3. The second kappa shape index (κ2) is 8.07. The summed E-state index contributed by atoms with van der Waals surface area (Å²) in [5.74, 6) is -4.42. The maximum Gasteiger partial charge on any atom is 0.334 e. The van der Waals surface area contributed by atoms with Crippen molar-refractivity contribution < 1.29 is 38.8 Å². The van der Waals surface area contributed by atoms with E-state index in [4.69, 9.17) is 25.8 Å². The molecule has 0 spiro atoms. The smallest absolute Gasteiger partial charge is 0.334 e. The molecule has 2 aliphatic carbocycles. The fourth-order valence-electron chi connectivity index (χ4n) is 4.95. The van der Waals surface area contributed by atoms with Crippen LogP contribution in [0.4, 0.5) is 0 Å². The monoisotopic (exact) mass is 454 g/mol. The van der Waals surface area contributed by atoms with Crippen molar-refractivity contribution in [3.8, 4) is 0 Å². The second-order valence-corrected chi connectivity index (χ2v) is 8.73. The van der Waals surface area contributed by atoms with Crippen LogP contribution in [0.5, 0.6) is 0 Å². The molecule has 9 heteroatoms. The van der Waals surface area contributed by atoms with Crippen LogP contribution in [-0.2, 0) is 28.6 Å². The maximum absolute atomic E-state index is 12.5. The summed E-state index contributed by atoms with van der Waals surface area (Å²) in [6.45, 7) is 9.83. The zero-order valence-electron chi connectivity index (χ0n) is 17.9. The summed E-state index contributed by atoms with van der Waals surface area (Å²) in [5.41, 5.74) is -3.03. The largest absolute Gasteiger partial charge is 0.458 e. The van der Waals surface area contributed by atoms with Crippen molar-refractivity contribution in [2.45, 2.75) is 63.6 Å². The lowest BCUT2D eigenvalue weighted by Crippen LogP contribution is -2.59. The normalized spacial score (nSPS) is 39.8. The molecule has 3 rings (SSSR count). The van der Waals surface area contributed by atoms with Gasteiger partial charge in [0, 0.05) is 24.5 Å². The van der Waals surface area contributed by atoms with Gasteiger partial charge in [0.1, 0.15) is 23.9 Å². The van der Waals surface area contributed by atoms with Crippen molar-refractivity contribution in [1.82, 2.24) is 0 Å². The lowest BCUT2D eigenvalue weighted by atomic mass is 9.71. The van der Waals surface area contributed by atoms with Crippen LogP contribution in [0.2, 0.25) is 0 Å². The molecule has 1 saturated heterocycles. The summed E-state index contributed by atoms with van der Waals surface area (Å²) in [5, 5.41) is 23.5. The molecule has 0 aromatic carbocycles. The average Bonchev–Trinajstić information content (AvgIpc) is 3.11. The Morgan fingerprint density at radius 2 is 2.00 bits per heavy atom. The molecule has 3 aliphatic rings. The molecule has 0 radical (unpaired) electrons. The zero-order valence-corrected chi connectivity index (χ0v) is 18.6. The average molecular weight is 455 g/mol. The van der Waals surface area contributed by atoms with Gasteiger partial charge in [-0.15, -0.1) is 11.6 Å². The van der Waals surface area contributed by atoms with Crippen molar-refractivity contribution in [1.29, 1.82) is 0 Å². The SMILES string of the molecule is C=C1C(=O)O[C@H]2[C@H]1[C@H](OC(=O)/C(C)=C\C)C[C@](O)(CCl)[C@@H]1[C@@H](OC(C)=O)C=C(C)[C@]21O. The highest BCUT2D eigenvalue weighted by Crippen LogP contribution is 2.56. The van der Waals surface area contributed by atoms with E-state index in [0.717, 1.165) is 0 Å². The minimum Gasteiger partial charge on any atom is -0.458 e. The Balaban J connectivity index is 2.16. The van der Waals surface area contributed by atoms with Gasteiger partial charge in [0.05, 0.1) is 23.3 Å². The summed E-state index contributed by atoms with van der Waals surface area (Å²) < 4.78 is 16.5. The third kappa shape index (κ3) is 3.60. The molecule has 8 nitrogen and oxygen atoms in total. The molecule has 2 fully saturated rings. The number of hydrogen-bond donors (Lipinski definition) is 2. The van der Waals surface area contributed by atoms with E-state index in [0.29, 0.717) is 11.1 Å². The number of aliphatic hydroxyl groups is 2. The Bertz CT molecular complexity index is 892. The number of carbonyl (C=O) groups excluding carboxylic acids is 3. The van der Waals surface area contributed by atoms with E-state index in [1.165, 1.54) is 13.0 Å². The number of carbonyl (C=O) groups is 3. The van der Waals surface area contributed by atoms with Gasteiger partial charge in [0.25, 0.3) is 0 Å². The first-order valence-corrected chi connectivity index (χ1v) is 10.5. The Morgan fingerprint density at radius 1 is 1.35 bits per heavy atom. The molecule has 0 amide bonds. The van der Waals surface area contributed by atoms with Gasteiger partial charge in [0.15, 0.2) is 0 Å². The minimum absolute atomic E-state index is 0.0238. The second-order valence-electron chi connectivity index (χ2n) is 8.46. The third-order valence-corrected chi connectivity index (χ3v) is 7.05. The quantitative estimate of drug-likeness (QED) is 0.216. The Morgan fingerprint density at radius 3 is 2.55 bits per heavy atom. The van der Waals surface area contributed by atoms with Gasteiger partial charge in [-0.25, -0.2) is 9.59 Å². The number of allylic oxidation sites excluding steroid dienone is 1. The van der Waals surface area contributed by atoms with Crippen LogP contribution in [0.1, 0.15) is 34.1 Å². The van der Waals surface area contributed by atoms with Gasteiger partial charge < -0.3 is 24.4 Å². The van der Waals surface area contributed by atoms with Gasteiger partial charge in [-0.1, -0.05) is 12.7 Å². The van der Waals surface area contributed by atoms with Crippen LogP contribution in [0.15, 0.2) is 35.5 Å². The Hall–Kier alpha value is -2.16. The molecule has 7 atom stereocenters. The number of rotatable bonds is 4. The molecular weight excluding hydrogens is 428 g/mol. The third-order valence-electron chi connectivity index (χ3n) is 6.59. The summed E-state index contributed by atoms with van der Waals surface area (Å²) in [7, 11) is 0. The molecule has 0 aromatic rings. The van der Waals surface area contributed by atoms with Crippen molar-refractivity contribution in [3.63, 3.8) is 0 Å². The van der Waals surface area contributed by atoms with Gasteiger partial charge >= 0.3 is 17.9 Å². The van der Waals surface area contributed by atoms with Gasteiger partial charge in [-0.3, -0.25) is 4.79 Å². The van der Waals surface area contributed by atoms with E-state index in [1.807, 2.05) is 0 Å². The molecule has 1 aliphatic heterocycles. The fraction of sp³-hybridized carbons (Fsp3) is 0.591. The lowest BCUT2D eigenvalue weighted by molar-refractivity contribution is -0.183. The van der Waals surface area contributed by atoms with Crippen molar-refractivity contribution >= 4 is 29.5 Å². The van der Waals surface area contributed by atoms with Crippen LogP contribution in [0.3, 0.4) is 0 Å². The predicted molar refractivity (Wildman–Crippen MR) is 110 cm³/mol. The summed E-state index contributed by atoms with van der Waals surface area (Å²) >= 11 is 6.18. The van der Waals surface area contributed by atoms with Crippen molar-refractivity contribution in [3.05, 3.63) is 35.5 Å². The standard InChI is InChI=1S/C22H27ClO8/c1-6-10(2)19(25)30-15-8-21(27,9-23)17-14(29-13(5)24)7-11(3)22(17,28)18-16(15)12(4)20(26)31-18/h6-7,14-18,27-28H,4,8-9H2,1-3,5H3/b10-6-/t14-,15+,16+,17-,18-,21-,22+/m0/s1. The molecule has 31 heavy (non-hydrogen) atoms. The van der Waals surface area contributed by atoms with Gasteiger partial charge in [-0.2, -0.15) is 0 Å². The summed E-state index contributed by atoms with van der Waals surface area (Å²) in [6, 6.07) is 0. The number of alkyl halides is 1. The van der Waals surface area contributed by atoms with E-state index in [9.17, 15) is 24.6 Å². The van der Waals surface area contributed by atoms with E-state index < -0.39 is 59.3 Å². The number of hydrogen-bond acceptors (Lipinski definition) is 8. The molecule has 0 bridgehead atoms. The van der Waals surface area contributed by atoms with Gasteiger partial charge in [-0.05, 0) is 32.4 Å². The summed E-state index contributed by atoms with van der Waals surface area (Å²) in [4.78, 5) is 36.6. The van der Waals surface area contributed by atoms with Crippen LogP contribution in [0, 0.1) is 11.8 Å². The fourth-order valence-corrected chi connectivity index (χ4v) is 5.23. The zero-order chi connectivity index (χ0) is 23.3. The molecule has 0 unspecified atom stereocenters. The molecule has 1 saturated carbocycles. The Kier molecular flexibility index (Phi) is 6.12. The van der Waals surface area contributed by atoms with Crippen LogP contribution < -0.4 is 0 Å². The minimum atomic E-state index is -1.92. The Labute approximate surface area is 185 Å².